The van der Waals surface area contributed by atoms with E-state index < -0.39 is 18.2 Å². The maximum Gasteiger partial charge on any atom is 0.433 e. The zero-order chi connectivity index (χ0) is 17.3. The predicted octanol–water partition coefficient (Wildman–Crippen LogP) is 2.46. The molecule has 0 aliphatic carbocycles. The second kappa shape index (κ2) is 5.99. The number of aromatic nitrogens is 3. The highest BCUT2D eigenvalue weighted by Crippen LogP contribution is 2.31. The van der Waals surface area contributed by atoms with Crippen LogP contribution in [0.1, 0.15) is 30.5 Å². The van der Waals surface area contributed by atoms with Crippen LogP contribution in [0.3, 0.4) is 0 Å². The van der Waals surface area contributed by atoms with E-state index in [2.05, 4.69) is 15.4 Å². The molecule has 1 amide bonds. The van der Waals surface area contributed by atoms with Crippen molar-refractivity contribution in [1.82, 2.24) is 25.0 Å². The minimum absolute atomic E-state index is 0.274. The summed E-state index contributed by atoms with van der Waals surface area (Å²) in [6.07, 6.45) is 2.36. The highest BCUT2D eigenvalue weighted by molar-refractivity contribution is 5.88. The molecule has 9 heteroatoms. The third-order valence-corrected chi connectivity index (χ3v) is 3.73. The molecule has 2 unspecified atom stereocenters. The van der Waals surface area contributed by atoms with Gasteiger partial charge in [0.15, 0.2) is 0 Å². The van der Waals surface area contributed by atoms with E-state index in [4.69, 9.17) is 0 Å². The molecule has 0 fully saturated rings. The molecule has 0 saturated heterocycles. The van der Waals surface area contributed by atoms with Crippen molar-refractivity contribution in [2.45, 2.75) is 25.4 Å². The van der Waals surface area contributed by atoms with Gasteiger partial charge in [0.1, 0.15) is 5.69 Å². The van der Waals surface area contributed by atoms with Crippen LogP contribution in [0.4, 0.5) is 13.2 Å². The van der Waals surface area contributed by atoms with Gasteiger partial charge in [-0.25, -0.2) is 4.68 Å². The van der Waals surface area contributed by atoms with Crippen LogP contribution < -0.4 is 5.32 Å². The van der Waals surface area contributed by atoms with Gasteiger partial charge in [-0.05, 0) is 24.6 Å². The number of halogens is 3. The number of carbonyl (C=O) groups excluding carboxylic acids is 1. The van der Waals surface area contributed by atoms with Crippen LogP contribution in [0, 0.1) is 0 Å². The Morgan fingerprint density at radius 2 is 2.12 bits per heavy atom. The summed E-state index contributed by atoms with van der Waals surface area (Å²) in [5.41, 5.74) is -0.356. The zero-order valence-corrected chi connectivity index (χ0v) is 12.6. The van der Waals surface area contributed by atoms with Crippen LogP contribution in [0.15, 0.2) is 49.1 Å². The van der Waals surface area contributed by atoms with Crippen molar-refractivity contribution in [3.05, 3.63) is 60.3 Å². The molecule has 2 atom stereocenters. The van der Waals surface area contributed by atoms with Gasteiger partial charge in [-0.2, -0.15) is 18.3 Å². The Morgan fingerprint density at radius 1 is 1.33 bits per heavy atom. The van der Waals surface area contributed by atoms with Gasteiger partial charge in [0, 0.05) is 30.9 Å². The number of amides is 1. The predicted molar refractivity (Wildman–Crippen MR) is 78.0 cm³/mol. The van der Waals surface area contributed by atoms with E-state index in [0.29, 0.717) is 5.56 Å². The number of nitrogens with one attached hydrogen (secondary N) is 1. The van der Waals surface area contributed by atoms with Crippen LogP contribution in [-0.4, -0.2) is 25.6 Å². The summed E-state index contributed by atoms with van der Waals surface area (Å²) in [5.74, 6) is -0.274. The van der Waals surface area contributed by atoms with Crippen molar-refractivity contribution in [3.63, 3.8) is 0 Å². The normalized spacial score (nSPS) is 19.2. The van der Waals surface area contributed by atoms with Crippen molar-refractivity contribution < 1.29 is 18.0 Å². The van der Waals surface area contributed by atoms with Gasteiger partial charge < -0.3 is 10.2 Å². The average molecular weight is 337 g/mol. The van der Waals surface area contributed by atoms with E-state index in [0.717, 1.165) is 6.07 Å². The van der Waals surface area contributed by atoms with Gasteiger partial charge in [0.25, 0.3) is 0 Å². The van der Waals surface area contributed by atoms with Gasteiger partial charge in [0.2, 0.25) is 12.2 Å². The molecular formula is C15H14F3N5O. The van der Waals surface area contributed by atoms with Crippen molar-refractivity contribution >= 4 is 5.91 Å². The maximum atomic E-state index is 12.6. The van der Waals surface area contributed by atoms with Crippen molar-refractivity contribution in [2.75, 3.05) is 0 Å². The molecule has 0 spiro atoms. The smallest absolute Gasteiger partial charge is 0.332 e. The Bertz CT molecular complexity index is 739. The summed E-state index contributed by atoms with van der Waals surface area (Å²) in [6, 6.07) is 3.71. The second-order valence-electron chi connectivity index (χ2n) is 5.28. The Labute approximate surface area is 135 Å². The molecule has 1 N–H and O–H groups in total. The highest BCUT2D eigenvalue weighted by atomic mass is 19.4. The Balaban J connectivity index is 1.88. The lowest BCUT2D eigenvalue weighted by Gasteiger charge is -2.38. The fourth-order valence-electron chi connectivity index (χ4n) is 2.45. The van der Waals surface area contributed by atoms with E-state index in [1.165, 1.54) is 18.3 Å². The third-order valence-electron chi connectivity index (χ3n) is 3.73. The maximum absolute atomic E-state index is 12.6. The molecule has 1 aliphatic rings. The molecule has 24 heavy (non-hydrogen) atoms. The lowest BCUT2D eigenvalue weighted by Crippen LogP contribution is -2.46. The minimum atomic E-state index is -4.47. The first-order chi connectivity index (χ1) is 11.4. The molecule has 0 radical (unpaired) electrons. The second-order valence-corrected chi connectivity index (χ2v) is 5.28. The fraction of sp³-hybridized carbons (Fsp3) is 0.267. The Hall–Kier alpha value is -2.84. The Morgan fingerprint density at radius 3 is 2.71 bits per heavy atom. The van der Waals surface area contributed by atoms with Crippen LogP contribution in [0.2, 0.25) is 0 Å². The van der Waals surface area contributed by atoms with Gasteiger partial charge in [-0.15, -0.1) is 0 Å². The number of alkyl halides is 3. The Kier molecular flexibility index (Phi) is 4.00. The summed E-state index contributed by atoms with van der Waals surface area (Å²) >= 11 is 0. The quantitative estimate of drug-likeness (QED) is 0.935. The van der Waals surface area contributed by atoms with Gasteiger partial charge >= 0.3 is 6.18 Å². The highest BCUT2D eigenvalue weighted by Gasteiger charge is 2.33. The molecule has 6 nitrogen and oxygen atoms in total. The molecular weight excluding hydrogens is 323 g/mol. The number of hydrogen-bond acceptors (Lipinski definition) is 4. The van der Waals surface area contributed by atoms with Crippen molar-refractivity contribution in [2.24, 2.45) is 0 Å². The first-order valence-corrected chi connectivity index (χ1v) is 7.14. The SMILES string of the molecule is CC(c1ccc(C(F)(F)F)nc1)N1C=CC(=O)NC1n1cccn1. The summed E-state index contributed by atoms with van der Waals surface area (Å²) in [5, 5.41) is 6.86. The van der Waals surface area contributed by atoms with Crippen molar-refractivity contribution in [3.8, 4) is 0 Å². The van der Waals surface area contributed by atoms with Crippen LogP contribution in [0.5, 0.6) is 0 Å². The van der Waals surface area contributed by atoms with Crippen LogP contribution in [0.25, 0.3) is 0 Å². The number of nitrogens with zero attached hydrogens (tertiary/aromatic N) is 4. The number of carbonyl (C=O) groups is 1. The van der Waals surface area contributed by atoms with E-state index in [1.807, 2.05) is 6.92 Å². The van der Waals surface area contributed by atoms with Crippen LogP contribution >= 0.6 is 0 Å². The van der Waals surface area contributed by atoms with Crippen molar-refractivity contribution in [1.29, 1.82) is 0 Å². The molecule has 3 rings (SSSR count). The monoisotopic (exact) mass is 337 g/mol. The van der Waals surface area contributed by atoms with Gasteiger partial charge in [-0.3, -0.25) is 9.78 Å². The lowest BCUT2D eigenvalue weighted by atomic mass is 10.1. The summed E-state index contributed by atoms with van der Waals surface area (Å²) in [6.45, 7) is 1.81. The largest absolute Gasteiger partial charge is 0.433 e. The first-order valence-electron chi connectivity index (χ1n) is 7.14. The van der Waals surface area contributed by atoms with Crippen LogP contribution in [-0.2, 0) is 11.0 Å². The molecule has 0 aromatic carbocycles. The molecule has 0 bridgehead atoms. The number of rotatable bonds is 3. The molecule has 2 aromatic heterocycles. The fourth-order valence-corrected chi connectivity index (χ4v) is 2.45. The van der Waals surface area contributed by atoms with E-state index in [-0.39, 0.29) is 11.9 Å². The molecule has 2 aromatic rings. The first kappa shape index (κ1) is 16.0. The molecule has 1 aliphatic heterocycles. The molecule has 3 heterocycles. The third kappa shape index (κ3) is 3.10. The standard InChI is InChI=1S/C15H14F3N5O/c1-10(11-3-4-12(19-9-11)15(16,17)18)22-8-5-13(24)21-14(22)23-7-2-6-20-23/h2-10,14H,1H3,(H,21,24). The number of hydrogen-bond donors (Lipinski definition) is 1. The summed E-state index contributed by atoms with van der Waals surface area (Å²) < 4.78 is 39.4. The molecule has 0 saturated carbocycles. The lowest BCUT2D eigenvalue weighted by molar-refractivity contribution is -0.141. The van der Waals surface area contributed by atoms with E-state index in [9.17, 15) is 18.0 Å². The topological polar surface area (TPSA) is 63.1 Å². The summed E-state index contributed by atoms with van der Waals surface area (Å²) in [7, 11) is 0. The zero-order valence-electron chi connectivity index (χ0n) is 12.6. The number of pyridine rings is 1. The van der Waals surface area contributed by atoms with E-state index >= 15 is 0 Å². The van der Waals surface area contributed by atoms with Gasteiger partial charge in [0.05, 0.1) is 6.04 Å². The average Bonchev–Trinajstić information content (AvgIpc) is 3.08. The minimum Gasteiger partial charge on any atom is -0.332 e. The van der Waals surface area contributed by atoms with E-state index in [1.54, 1.807) is 34.2 Å². The molecule has 126 valence electrons. The van der Waals surface area contributed by atoms with Gasteiger partial charge in [-0.1, -0.05) is 6.07 Å². The summed E-state index contributed by atoms with van der Waals surface area (Å²) in [4.78, 5) is 16.9.